The number of para-hydroxylation sites is 1. The van der Waals surface area contributed by atoms with Crippen LogP contribution in [-0.4, -0.2) is 19.1 Å². The van der Waals surface area contributed by atoms with Crippen molar-refractivity contribution < 1.29 is 9.53 Å². The van der Waals surface area contributed by atoms with Gasteiger partial charge in [-0.1, -0.05) is 31.0 Å². The van der Waals surface area contributed by atoms with Crippen molar-refractivity contribution in [3.63, 3.8) is 0 Å². The molecular weight excluding hydrogens is 252 g/mol. The molecule has 112 valence electrons. The number of ether oxygens (including phenoxy) is 1. The summed E-state index contributed by atoms with van der Waals surface area (Å²) >= 11 is 0. The molecule has 1 aromatic rings. The second-order valence-corrected chi connectivity index (χ2v) is 4.77. The predicted molar refractivity (Wildman–Crippen MR) is 81.6 cm³/mol. The molecule has 1 aromatic carbocycles. The van der Waals surface area contributed by atoms with Crippen LogP contribution in [0.4, 0.5) is 0 Å². The van der Waals surface area contributed by atoms with Gasteiger partial charge in [-0.2, -0.15) is 0 Å². The quantitative estimate of drug-likeness (QED) is 0.647. The molecule has 0 aliphatic rings. The summed E-state index contributed by atoms with van der Waals surface area (Å²) in [6.45, 7) is 3.85. The van der Waals surface area contributed by atoms with Gasteiger partial charge in [0.25, 0.3) is 0 Å². The van der Waals surface area contributed by atoms with Gasteiger partial charge in [-0.15, -0.1) is 0 Å². The molecule has 0 aliphatic carbocycles. The van der Waals surface area contributed by atoms with Crippen molar-refractivity contribution in [2.24, 2.45) is 5.73 Å². The monoisotopic (exact) mass is 278 g/mol. The van der Waals surface area contributed by atoms with Crippen LogP contribution < -0.4 is 15.8 Å². The minimum Gasteiger partial charge on any atom is -0.494 e. The molecule has 0 spiro atoms. The van der Waals surface area contributed by atoms with E-state index in [2.05, 4.69) is 5.32 Å². The molecule has 4 heteroatoms. The number of carbonyl (C=O) groups is 1. The zero-order chi connectivity index (χ0) is 14.6. The zero-order valence-corrected chi connectivity index (χ0v) is 12.4. The highest BCUT2D eigenvalue weighted by atomic mass is 16.5. The van der Waals surface area contributed by atoms with Crippen molar-refractivity contribution in [3.05, 3.63) is 29.8 Å². The minimum absolute atomic E-state index is 0.101. The topological polar surface area (TPSA) is 64.3 Å². The van der Waals surface area contributed by atoms with E-state index < -0.39 is 0 Å². The van der Waals surface area contributed by atoms with Crippen molar-refractivity contribution in [2.45, 2.75) is 45.6 Å². The van der Waals surface area contributed by atoms with E-state index in [1.165, 1.54) is 0 Å². The molecule has 1 amide bonds. The summed E-state index contributed by atoms with van der Waals surface area (Å²) in [4.78, 5) is 11.7. The maximum Gasteiger partial charge on any atom is 0.220 e. The van der Waals surface area contributed by atoms with Crippen molar-refractivity contribution in [1.29, 1.82) is 0 Å². The zero-order valence-electron chi connectivity index (χ0n) is 12.4. The second kappa shape index (κ2) is 10.3. The van der Waals surface area contributed by atoms with Gasteiger partial charge < -0.3 is 15.8 Å². The number of nitrogens with one attached hydrogen (secondary N) is 1. The van der Waals surface area contributed by atoms with E-state index in [4.69, 9.17) is 10.5 Å². The minimum atomic E-state index is 0.101. The summed E-state index contributed by atoms with van der Waals surface area (Å²) in [5, 5.41) is 2.95. The Bertz CT molecular complexity index is 394. The molecule has 4 nitrogen and oxygen atoms in total. The van der Waals surface area contributed by atoms with Crippen molar-refractivity contribution in [3.8, 4) is 5.75 Å². The summed E-state index contributed by atoms with van der Waals surface area (Å²) in [5.41, 5.74) is 6.45. The molecule has 0 saturated heterocycles. The van der Waals surface area contributed by atoms with Gasteiger partial charge >= 0.3 is 0 Å². The van der Waals surface area contributed by atoms with E-state index in [0.29, 0.717) is 19.6 Å². The maximum absolute atomic E-state index is 11.7. The SMILES string of the molecule is CCOc1ccccc1CNC(=O)CCCCCCN. The largest absolute Gasteiger partial charge is 0.494 e. The van der Waals surface area contributed by atoms with Gasteiger partial charge in [0.05, 0.1) is 6.61 Å². The molecule has 1 rings (SSSR count). The molecule has 0 aromatic heterocycles. The first-order valence-electron chi connectivity index (χ1n) is 7.45. The van der Waals surface area contributed by atoms with Crippen LogP contribution in [0.25, 0.3) is 0 Å². The van der Waals surface area contributed by atoms with Crippen LogP contribution in [0.3, 0.4) is 0 Å². The fourth-order valence-corrected chi connectivity index (χ4v) is 2.01. The number of amides is 1. The second-order valence-electron chi connectivity index (χ2n) is 4.77. The number of hydrogen-bond donors (Lipinski definition) is 2. The molecule has 0 unspecified atom stereocenters. The highest BCUT2D eigenvalue weighted by Gasteiger charge is 2.05. The lowest BCUT2D eigenvalue weighted by atomic mass is 10.1. The van der Waals surface area contributed by atoms with Gasteiger partial charge in [0.1, 0.15) is 5.75 Å². The number of benzene rings is 1. The van der Waals surface area contributed by atoms with Crippen molar-refractivity contribution in [2.75, 3.05) is 13.2 Å². The van der Waals surface area contributed by atoms with Gasteiger partial charge in [-0.05, 0) is 32.4 Å². The summed E-state index contributed by atoms with van der Waals surface area (Å²) in [5.74, 6) is 0.947. The Morgan fingerprint density at radius 3 is 2.70 bits per heavy atom. The molecule has 0 saturated carbocycles. The molecule has 0 aliphatic heterocycles. The van der Waals surface area contributed by atoms with E-state index in [0.717, 1.165) is 43.5 Å². The fraction of sp³-hybridized carbons (Fsp3) is 0.562. The van der Waals surface area contributed by atoms with Crippen molar-refractivity contribution in [1.82, 2.24) is 5.32 Å². The van der Waals surface area contributed by atoms with E-state index in [-0.39, 0.29) is 5.91 Å². The highest BCUT2D eigenvalue weighted by molar-refractivity contribution is 5.75. The van der Waals surface area contributed by atoms with Gasteiger partial charge in [-0.3, -0.25) is 4.79 Å². The van der Waals surface area contributed by atoms with Crippen LogP contribution in [0.2, 0.25) is 0 Å². The Morgan fingerprint density at radius 2 is 1.95 bits per heavy atom. The number of hydrogen-bond acceptors (Lipinski definition) is 3. The summed E-state index contributed by atoms with van der Waals surface area (Å²) in [7, 11) is 0. The Labute approximate surface area is 121 Å². The molecule has 3 N–H and O–H groups in total. The van der Waals surface area contributed by atoms with E-state index in [1.54, 1.807) is 0 Å². The third kappa shape index (κ3) is 6.57. The third-order valence-electron chi connectivity index (χ3n) is 3.11. The Balaban J connectivity index is 2.26. The maximum atomic E-state index is 11.7. The predicted octanol–water partition coefficient (Wildman–Crippen LogP) is 2.61. The third-order valence-corrected chi connectivity index (χ3v) is 3.11. The van der Waals surface area contributed by atoms with Gasteiger partial charge in [0.2, 0.25) is 5.91 Å². The standard InChI is InChI=1S/C16H26N2O2/c1-2-20-15-10-7-6-9-14(15)13-18-16(19)11-5-3-4-8-12-17/h6-7,9-10H,2-5,8,11-13,17H2,1H3,(H,18,19). The number of nitrogens with two attached hydrogens (primary N) is 1. The summed E-state index contributed by atoms with van der Waals surface area (Å²) in [6.07, 6.45) is 4.74. The molecule has 0 bridgehead atoms. The lowest BCUT2D eigenvalue weighted by Gasteiger charge is -2.10. The normalized spacial score (nSPS) is 10.3. The Morgan fingerprint density at radius 1 is 1.20 bits per heavy atom. The Hall–Kier alpha value is -1.55. The lowest BCUT2D eigenvalue weighted by molar-refractivity contribution is -0.121. The number of rotatable bonds is 10. The molecule has 0 fully saturated rings. The number of carbonyl (C=O) groups excluding carboxylic acids is 1. The fourth-order valence-electron chi connectivity index (χ4n) is 2.01. The summed E-state index contributed by atoms with van der Waals surface area (Å²) in [6, 6.07) is 7.80. The molecule has 20 heavy (non-hydrogen) atoms. The first kappa shape index (κ1) is 16.5. The van der Waals surface area contributed by atoms with Crippen LogP contribution in [0.5, 0.6) is 5.75 Å². The average Bonchev–Trinajstić information content (AvgIpc) is 2.46. The average molecular weight is 278 g/mol. The molecule has 0 atom stereocenters. The first-order chi connectivity index (χ1) is 9.77. The highest BCUT2D eigenvalue weighted by Crippen LogP contribution is 2.17. The van der Waals surface area contributed by atoms with Gasteiger partial charge in [0.15, 0.2) is 0 Å². The molecule has 0 radical (unpaired) electrons. The van der Waals surface area contributed by atoms with Crippen molar-refractivity contribution >= 4 is 5.91 Å². The van der Waals surface area contributed by atoms with Crippen LogP contribution in [-0.2, 0) is 11.3 Å². The molecular formula is C16H26N2O2. The van der Waals surface area contributed by atoms with Crippen LogP contribution in [0, 0.1) is 0 Å². The van der Waals surface area contributed by atoms with Crippen LogP contribution in [0.15, 0.2) is 24.3 Å². The lowest BCUT2D eigenvalue weighted by Crippen LogP contribution is -2.22. The molecule has 0 heterocycles. The Kier molecular flexibility index (Phi) is 8.47. The summed E-state index contributed by atoms with van der Waals surface area (Å²) < 4.78 is 5.53. The first-order valence-corrected chi connectivity index (χ1v) is 7.45. The van der Waals surface area contributed by atoms with Gasteiger partial charge in [-0.25, -0.2) is 0 Å². The van der Waals surface area contributed by atoms with Crippen LogP contribution in [0.1, 0.15) is 44.6 Å². The van der Waals surface area contributed by atoms with E-state index >= 15 is 0 Å². The number of unbranched alkanes of at least 4 members (excludes halogenated alkanes) is 3. The van der Waals surface area contributed by atoms with E-state index in [9.17, 15) is 4.79 Å². The van der Waals surface area contributed by atoms with Gasteiger partial charge in [0, 0.05) is 18.5 Å². The smallest absolute Gasteiger partial charge is 0.220 e. The van der Waals surface area contributed by atoms with E-state index in [1.807, 2.05) is 31.2 Å². The van der Waals surface area contributed by atoms with Crippen LogP contribution >= 0.6 is 0 Å².